The van der Waals surface area contributed by atoms with Crippen LogP contribution in [0.3, 0.4) is 0 Å². The van der Waals surface area contributed by atoms with Crippen molar-refractivity contribution in [2.24, 2.45) is 0 Å². The third-order valence-corrected chi connectivity index (χ3v) is 4.34. The number of rotatable bonds is 5. The molecule has 0 aromatic heterocycles. The third kappa shape index (κ3) is 5.57. The van der Waals surface area contributed by atoms with Gasteiger partial charge in [0.25, 0.3) is 0 Å². The summed E-state index contributed by atoms with van der Waals surface area (Å²) in [6, 6.07) is 6.78. The number of aryl methyl sites for hydroxylation is 1. The molecule has 0 unspecified atom stereocenters. The van der Waals surface area contributed by atoms with Crippen molar-refractivity contribution in [2.75, 3.05) is 13.1 Å². The van der Waals surface area contributed by atoms with E-state index in [9.17, 15) is 27.6 Å². The molecule has 8 heteroatoms. The highest BCUT2D eigenvalue weighted by molar-refractivity contribution is 5.98. The predicted octanol–water partition coefficient (Wildman–Crippen LogP) is 2.63. The van der Waals surface area contributed by atoms with Crippen molar-refractivity contribution in [3.8, 4) is 0 Å². The number of carbonyl (C=O) groups is 3. The fraction of sp³-hybridized carbons (Fsp3) is 0.500. The number of ketones is 1. The van der Waals surface area contributed by atoms with Gasteiger partial charge in [-0.1, -0.05) is 29.8 Å². The van der Waals surface area contributed by atoms with Gasteiger partial charge in [-0.05, 0) is 19.8 Å². The van der Waals surface area contributed by atoms with Gasteiger partial charge < -0.3 is 10.2 Å². The average molecular weight is 370 g/mol. The Labute approximate surface area is 149 Å². The van der Waals surface area contributed by atoms with Gasteiger partial charge in [0, 0.05) is 37.5 Å². The smallest absolute Gasteiger partial charge is 0.353 e. The number of halogens is 3. The number of piperidine rings is 1. The van der Waals surface area contributed by atoms with Gasteiger partial charge in [-0.3, -0.25) is 14.4 Å². The number of nitrogens with one attached hydrogen (secondary N) is 1. The van der Waals surface area contributed by atoms with Gasteiger partial charge in [0.2, 0.25) is 5.91 Å². The van der Waals surface area contributed by atoms with Gasteiger partial charge in [-0.15, -0.1) is 0 Å². The normalized spacial score (nSPS) is 15.6. The van der Waals surface area contributed by atoms with Crippen molar-refractivity contribution in [2.45, 2.75) is 44.8 Å². The Morgan fingerprint density at radius 1 is 1.08 bits per heavy atom. The first kappa shape index (κ1) is 19.9. The minimum absolute atomic E-state index is 0.0222. The largest absolute Gasteiger partial charge is 0.471 e. The Balaban J connectivity index is 1.73. The maximum Gasteiger partial charge on any atom is 0.471 e. The number of nitrogens with zero attached hydrogens (tertiary/aromatic N) is 1. The van der Waals surface area contributed by atoms with E-state index in [2.05, 4.69) is 5.32 Å². The molecule has 1 heterocycles. The van der Waals surface area contributed by atoms with Crippen molar-refractivity contribution < 1.29 is 27.6 Å². The Morgan fingerprint density at radius 2 is 1.65 bits per heavy atom. The maximum atomic E-state index is 12.4. The minimum Gasteiger partial charge on any atom is -0.353 e. The lowest BCUT2D eigenvalue weighted by molar-refractivity contribution is -0.186. The number of Topliss-reactive ketones (excluding diaryl/α,β-unsaturated/α-hetero) is 1. The SMILES string of the molecule is Cc1ccc(C(=O)CCC(=O)NC2CCN(C(=O)C(F)(F)F)CC2)cc1. The van der Waals surface area contributed by atoms with Crippen LogP contribution in [0.15, 0.2) is 24.3 Å². The molecule has 1 saturated heterocycles. The third-order valence-electron chi connectivity index (χ3n) is 4.34. The summed E-state index contributed by atoms with van der Waals surface area (Å²) in [4.78, 5) is 35.9. The van der Waals surface area contributed by atoms with Gasteiger partial charge in [0.15, 0.2) is 5.78 Å². The van der Waals surface area contributed by atoms with Crippen LogP contribution in [0.2, 0.25) is 0 Å². The van der Waals surface area contributed by atoms with E-state index in [0.29, 0.717) is 5.56 Å². The maximum absolute atomic E-state index is 12.4. The molecule has 2 amide bonds. The molecular weight excluding hydrogens is 349 g/mol. The summed E-state index contributed by atoms with van der Waals surface area (Å²) in [7, 11) is 0. The molecule has 0 spiro atoms. The van der Waals surface area contributed by atoms with Crippen LogP contribution in [0.25, 0.3) is 0 Å². The van der Waals surface area contributed by atoms with Crippen molar-refractivity contribution in [1.82, 2.24) is 10.2 Å². The zero-order valence-corrected chi connectivity index (χ0v) is 14.4. The molecule has 142 valence electrons. The van der Waals surface area contributed by atoms with Crippen LogP contribution < -0.4 is 5.32 Å². The molecule has 1 aliphatic heterocycles. The van der Waals surface area contributed by atoms with Gasteiger partial charge in [0.1, 0.15) is 0 Å². The van der Waals surface area contributed by atoms with Crippen molar-refractivity contribution in [3.63, 3.8) is 0 Å². The van der Waals surface area contributed by atoms with E-state index in [1.165, 1.54) is 0 Å². The Kier molecular flexibility index (Phi) is 6.39. The second-order valence-corrected chi connectivity index (χ2v) is 6.42. The summed E-state index contributed by atoms with van der Waals surface area (Å²) in [5.74, 6) is -2.29. The monoisotopic (exact) mass is 370 g/mol. The minimum atomic E-state index is -4.87. The lowest BCUT2D eigenvalue weighted by Crippen LogP contribution is -2.50. The summed E-state index contributed by atoms with van der Waals surface area (Å²) in [5.41, 5.74) is 1.58. The molecule has 1 aliphatic rings. The Morgan fingerprint density at radius 3 is 2.19 bits per heavy atom. The van der Waals surface area contributed by atoms with E-state index >= 15 is 0 Å². The first-order chi connectivity index (χ1) is 12.2. The molecule has 1 fully saturated rings. The van der Waals surface area contributed by atoms with E-state index in [1.807, 2.05) is 19.1 Å². The molecule has 0 saturated carbocycles. The summed E-state index contributed by atoms with van der Waals surface area (Å²) in [6.45, 7) is 1.81. The van der Waals surface area contributed by atoms with Gasteiger partial charge in [0.05, 0.1) is 0 Å². The molecule has 0 bridgehead atoms. The van der Waals surface area contributed by atoms with E-state index in [0.717, 1.165) is 10.5 Å². The van der Waals surface area contributed by atoms with Crippen LogP contribution in [0.1, 0.15) is 41.6 Å². The summed E-state index contributed by atoms with van der Waals surface area (Å²) >= 11 is 0. The van der Waals surface area contributed by atoms with E-state index < -0.39 is 12.1 Å². The summed E-state index contributed by atoms with van der Waals surface area (Å²) in [6.07, 6.45) is -4.25. The highest BCUT2D eigenvalue weighted by Gasteiger charge is 2.43. The van der Waals surface area contributed by atoms with Crippen LogP contribution in [0.5, 0.6) is 0 Å². The van der Waals surface area contributed by atoms with Gasteiger partial charge in [-0.25, -0.2) is 0 Å². The lowest BCUT2D eigenvalue weighted by atomic mass is 10.0. The second-order valence-electron chi connectivity index (χ2n) is 6.42. The van der Waals surface area contributed by atoms with Crippen molar-refractivity contribution in [3.05, 3.63) is 35.4 Å². The zero-order chi connectivity index (χ0) is 19.3. The molecule has 0 atom stereocenters. The standard InChI is InChI=1S/C18H21F3N2O3/c1-12-2-4-13(5-3-12)15(24)6-7-16(25)22-14-8-10-23(11-9-14)17(26)18(19,20)21/h2-5,14H,6-11H2,1H3,(H,22,25). The molecule has 1 aromatic carbocycles. The van der Waals surface area contributed by atoms with E-state index in [4.69, 9.17) is 0 Å². The van der Waals surface area contributed by atoms with Crippen LogP contribution >= 0.6 is 0 Å². The summed E-state index contributed by atoms with van der Waals surface area (Å²) < 4.78 is 37.2. The highest BCUT2D eigenvalue weighted by Crippen LogP contribution is 2.21. The number of amides is 2. The number of likely N-dealkylation sites (tertiary alicyclic amines) is 1. The molecular formula is C18H21F3N2O3. The van der Waals surface area contributed by atoms with Crippen molar-refractivity contribution >= 4 is 17.6 Å². The fourth-order valence-corrected chi connectivity index (χ4v) is 2.82. The van der Waals surface area contributed by atoms with Crippen molar-refractivity contribution in [1.29, 1.82) is 0 Å². The van der Waals surface area contributed by atoms with Crippen LogP contribution in [-0.4, -0.2) is 47.8 Å². The first-order valence-electron chi connectivity index (χ1n) is 8.42. The molecule has 1 aromatic rings. The van der Waals surface area contributed by atoms with Crippen LogP contribution in [0, 0.1) is 6.92 Å². The molecule has 1 N–H and O–H groups in total. The number of hydrogen-bond acceptors (Lipinski definition) is 3. The van der Waals surface area contributed by atoms with Crippen LogP contribution in [0.4, 0.5) is 13.2 Å². The van der Waals surface area contributed by atoms with E-state index in [-0.39, 0.29) is 56.5 Å². The molecule has 26 heavy (non-hydrogen) atoms. The number of hydrogen-bond donors (Lipinski definition) is 1. The topological polar surface area (TPSA) is 66.5 Å². The quantitative estimate of drug-likeness (QED) is 0.811. The molecule has 5 nitrogen and oxygen atoms in total. The summed E-state index contributed by atoms with van der Waals surface area (Å²) in [5, 5.41) is 2.72. The second kappa shape index (κ2) is 8.33. The number of benzene rings is 1. The fourth-order valence-electron chi connectivity index (χ4n) is 2.82. The molecule has 0 radical (unpaired) electrons. The predicted molar refractivity (Wildman–Crippen MR) is 88.5 cm³/mol. The number of alkyl halides is 3. The Bertz CT molecular complexity index is 663. The Hall–Kier alpha value is -2.38. The van der Waals surface area contributed by atoms with E-state index in [1.54, 1.807) is 12.1 Å². The zero-order valence-electron chi connectivity index (χ0n) is 14.4. The average Bonchev–Trinajstić information content (AvgIpc) is 2.59. The van der Waals surface area contributed by atoms with Gasteiger partial charge >= 0.3 is 12.1 Å². The lowest BCUT2D eigenvalue weighted by Gasteiger charge is -2.32. The highest BCUT2D eigenvalue weighted by atomic mass is 19.4. The first-order valence-corrected chi connectivity index (χ1v) is 8.42. The molecule has 2 rings (SSSR count). The molecule has 0 aliphatic carbocycles. The van der Waals surface area contributed by atoms with Crippen LogP contribution in [-0.2, 0) is 9.59 Å². The van der Waals surface area contributed by atoms with Gasteiger partial charge in [-0.2, -0.15) is 13.2 Å². The number of carbonyl (C=O) groups excluding carboxylic acids is 3.